The van der Waals surface area contributed by atoms with E-state index in [0.717, 1.165) is 53.4 Å². The molecule has 6 heteroatoms. The molecule has 25 heavy (non-hydrogen) atoms. The molecule has 1 atom stereocenters. The van der Waals surface area contributed by atoms with E-state index in [1.54, 1.807) is 0 Å². The van der Waals surface area contributed by atoms with Crippen molar-refractivity contribution in [2.45, 2.75) is 45.1 Å². The lowest BCUT2D eigenvalue weighted by Crippen LogP contribution is -2.31. The van der Waals surface area contributed by atoms with Gasteiger partial charge in [-0.2, -0.15) is 0 Å². The Balaban J connectivity index is 1.37. The van der Waals surface area contributed by atoms with Crippen molar-refractivity contribution in [3.8, 4) is 11.5 Å². The highest BCUT2D eigenvalue weighted by molar-refractivity contribution is 5.76. The molecule has 0 saturated heterocycles. The van der Waals surface area contributed by atoms with Crippen molar-refractivity contribution in [3.05, 3.63) is 47.0 Å². The minimum Gasteiger partial charge on any atom is -0.454 e. The molecule has 1 aliphatic carbocycles. The summed E-state index contributed by atoms with van der Waals surface area (Å²) in [5.41, 5.74) is 3.20. The van der Waals surface area contributed by atoms with E-state index in [1.165, 1.54) is 0 Å². The number of hydrogen-bond donors (Lipinski definition) is 1. The van der Waals surface area contributed by atoms with Gasteiger partial charge in [0.05, 0.1) is 6.04 Å². The molecule has 6 nitrogen and oxygen atoms in total. The fraction of sp³-hybridized carbons (Fsp3) is 0.421. The largest absolute Gasteiger partial charge is 0.454 e. The molecule has 0 spiro atoms. The lowest BCUT2D eigenvalue weighted by atomic mass is 9.92. The smallest absolute Gasteiger partial charge is 0.231 e. The van der Waals surface area contributed by atoms with Crippen LogP contribution in [0.4, 0.5) is 0 Å². The van der Waals surface area contributed by atoms with E-state index in [2.05, 4.69) is 15.3 Å². The van der Waals surface area contributed by atoms with Crippen LogP contribution in [0.2, 0.25) is 0 Å². The first kappa shape index (κ1) is 15.9. The van der Waals surface area contributed by atoms with Crippen LogP contribution in [0.3, 0.4) is 0 Å². The summed E-state index contributed by atoms with van der Waals surface area (Å²) in [6, 6.07) is 5.84. The molecule has 2 heterocycles. The number of amides is 1. The maximum atomic E-state index is 12.4. The summed E-state index contributed by atoms with van der Waals surface area (Å²) < 4.78 is 10.7. The molecule has 130 valence electrons. The van der Waals surface area contributed by atoms with Crippen molar-refractivity contribution in [3.63, 3.8) is 0 Å². The van der Waals surface area contributed by atoms with Gasteiger partial charge in [-0.05, 0) is 50.3 Å². The number of ether oxygens (including phenoxy) is 2. The first-order valence-electron chi connectivity index (χ1n) is 8.69. The summed E-state index contributed by atoms with van der Waals surface area (Å²) >= 11 is 0. The standard InChI is InChI=1S/C19H21N3O3/c1-12-20-10-14-15(21-12)3-2-4-16(14)22-19(23)8-6-13-5-7-17-18(9-13)25-11-24-17/h5,7,9-10,16H,2-4,6,8,11H2,1H3,(H,22,23). The van der Waals surface area contributed by atoms with Crippen molar-refractivity contribution in [1.29, 1.82) is 0 Å². The normalized spacial score (nSPS) is 17.9. The van der Waals surface area contributed by atoms with E-state index in [9.17, 15) is 4.79 Å². The van der Waals surface area contributed by atoms with Gasteiger partial charge in [0.1, 0.15) is 5.82 Å². The number of benzene rings is 1. The van der Waals surface area contributed by atoms with Gasteiger partial charge < -0.3 is 14.8 Å². The Morgan fingerprint density at radius 3 is 3.12 bits per heavy atom. The van der Waals surface area contributed by atoms with E-state index in [0.29, 0.717) is 12.8 Å². The molecule has 0 radical (unpaired) electrons. The zero-order valence-electron chi connectivity index (χ0n) is 14.2. The molecule has 2 aliphatic rings. The predicted octanol–water partition coefficient (Wildman–Crippen LogP) is 2.64. The third-order valence-corrected chi connectivity index (χ3v) is 4.72. The zero-order valence-corrected chi connectivity index (χ0v) is 14.2. The fourth-order valence-electron chi connectivity index (χ4n) is 3.42. The number of aryl methyl sites for hydroxylation is 3. The van der Waals surface area contributed by atoms with Crippen LogP contribution >= 0.6 is 0 Å². The topological polar surface area (TPSA) is 73.3 Å². The summed E-state index contributed by atoms with van der Waals surface area (Å²) in [5, 5.41) is 3.14. The van der Waals surface area contributed by atoms with Gasteiger partial charge in [-0.25, -0.2) is 9.97 Å². The molecule has 1 amide bonds. The second-order valence-electron chi connectivity index (χ2n) is 6.52. The molecule has 0 fully saturated rings. The maximum Gasteiger partial charge on any atom is 0.231 e. The quantitative estimate of drug-likeness (QED) is 0.927. The first-order chi connectivity index (χ1) is 12.2. The van der Waals surface area contributed by atoms with Crippen molar-refractivity contribution in [2.75, 3.05) is 6.79 Å². The molecule has 1 aromatic heterocycles. The van der Waals surface area contributed by atoms with E-state index in [-0.39, 0.29) is 18.7 Å². The lowest BCUT2D eigenvalue weighted by molar-refractivity contribution is -0.121. The van der Waals surface area contributed by atoms with Crippen LogP contribution in [0, 0.1) is 6.92 Å². The fourth-order valence-corrected chi connectivity index (χ4v) is 3.42. The Kier molecular flexibility index (Phi) is 4.26. The first-order valence-corrected chi connectivity index (χ1v) is 8.69. The molecule has 1 aliphatic heterocycles. The lowest BCUT2D eigenvalue weighted by Gasteiger charge is -2.25. The highest BCUT2D eigenvalue weighted by Gasteiger charge is 2.23. The molecule has 1 unspecified atom stereocenters. The Morgan fingerprint density at radius 2 is 2.20 bits per heavy atom. The van der Waals surface area contributed by atoms with E-state index < -0.39 is 0 Å². The van der Waals surface area contributed by atoms with Crippen molar-refractivity contribution >= 4 is 5.91 Å². The number of nitrogens with one attached hydrogen (secondary N) is 1. The van der Waals surface area contributed by atoms with Gasteiger partial charge in [-0.1, -0.05) is 6.07 Å². The van der Waals surface area contributed by atoms with Crippen LogP contribution in [0.1, 0.15) is 47.9 Å². The maximum absolute atomic E-state index is 12.4. The minimum atomic E-state index is 0.0219. The van der Waals surface area contributed by atoms with Gasteiger partial charge in [-0.3, -0.25) is 4.79 Å². The predicted molar refractivity (Wildman–Crippen MR) is 91.5 cm³/mol. The Morgan fingerprint density at radius 1 is 1.32 bits per heavy atom. The van der Waals surface area contributed by atoms with E-state index in [1.807, 2.05) is 31.3 Å². The van der Waals surface area contributed by atoms with Gasteiger partial charge in [0.2, 0.25) is 12.7 Å². The van der Waals surface area contributed by atoms with Crippen LogP contribution in [-0.2, 0) is 17.6 Å². The zero-order chi connectivity index (χ0) is 17.2. The van der Waals surface area contributed by atoms with Crippen LogP contribution in [-0.4, -0.2) is 22.7 Å². The van der Waals surface area contributed by atoms with Gasteiger partial charge in [0.25, 0.3) is 0 Å². The molecular weight excluding hydrogens is 318 g/mol. The third-order valence-electron chi connectivity index (χ3n) is 4.72. The number of carbonyl (C=O) groups is 1. The van der Waals surface area contributed by atoms with Crippen LogP contribution in [0.5, 0.6) is 11.5 Å². The number of fused-ring (bicyclic) bond motifs is 2. The van der Waals surface area contributed by atoms with Crippen molar-refractivity contribution < 1.29 is 14.3 Å². The number of aromatic nitrogens is 2. The molecule has 0 saturated carbocycles. The Labute approximate surface area is 146 Å². The van der Waals surface area contributed by atoms with Gasteiger partial charge in [0, 0.05) is 23.9 Å². The van der Waals surface area contributed by atoms with Crippen LogP contribution in [0.15, 0.2) is 24.4 Å². The molecule has 0 bridgehead atoms. The van der Waals surface area contributed by atoms with Gasteiger partial charge in [0.15, 0.2) is 11.5 Å². The van der Waals surface area contributed by atoms with Gasteiger partial charge in [-0.15, -0.1) is 0 Å². The van der Waals surface area contributed by atoms with E-state index in [4.69, 9.17) is 9.47 Å². The van der Waals surface area contributed by atoms with Gasteiger partial charge >= 0.3 is 0 Å². The minimum absolute atomic E-state index is 0.0219. The second kappa shape index (κ2) is 6.70. The number of carbonyl (C=O) groups excluding carboxylic acids is 1. The summed E-state index contributed by atoms with van der Waals surface area (Å²) in [6.45, 7) is 2.16. The average molecular weight is 339 g/mol. The van der Waals surface area contributed by atoms with Crippen LogP contribution < -0.4 is 14.8 Å². The summed E-state index contributed by atoms with van der Waals surface area (Å²) in [4.78, 5) is 21.2. The second-order valence-corrected chi connectivity index (χ2v) is 6.52. The monoisotopic (exact) mass is 339 g/mol. The number of hydrogen-bond acceptors (Lipinski definition) is 5. The molecule has 1 aromatic carbocycles. The molecule has 1 N–H and O–H groups in total. The highest BCUT2D eigenvalue weighted by atomic mass is 16.7. The molecule has 4 rings (SSSR count). The summed E-state index contributed by atoms with van der Waals surface area (Å²) in [5.74, 6) is 2.36. The Bertz CT molecular complexity index is 806. The van der Waals surface area contributed by atoms with Crippen molar-refractivity contribution in [2.24, 2.45) is 0 Å². The SMILES string of the molecule is Cc1ncc2c(n1)CCCC2NC(=O)CCc1ccc2c(c1)OCO2. The van der Waals surface area contributed by atoms with E-state index >= 15 is 0 Å². The Hall–Kier alpha value is -2.63. The number of nitrogens with zero attached hydrogens (tertiary/aromatic N) is 2. The average Bonchev–Trinajstić information content (AvgIpc) is 3.07. The highest BCUT2D eigenvalue weighted by Crippen LogP contribution is 2.33. The van der Waals surface area contributed by atoms with Crippen molar-refractivity contribution in [1.82, 2.24) is 15.3 Å². The summed E-state index contributed by atoms with van der Waals surface area (Å²) in [6.07, 6.45) is 5.91. The molecule has 2 aromatic rings. The summed E-state index contributed by atoms with van der Waals surface area (Å²) in [7, 11) is 0. The van der Waals surface area contributed by atoms with Crippen LogP contribution in [0.25, 0.3) is 0 Å². The number of rotatable bonds is 4. The molecular formula is C19H21N3O3. The third kappa shape index (κ3) is 3.43.